The van der Waals surface area contributed by atoms with Crippen molar-refractivity contribution in [2.75, 3.05) is 27.4 Å². The van der Waals surface area contributed by atoms with Gasteiger partial charge in [-0.25, -0.2) is 9.59 Å². The van der Waals surface area contributed by atoms with Gasteiger partial charge in [0.25, 0.3) is 5.78 Å². The Balaban J connectivity index is 0. The first-order valence-electron chi connectivity index (χ1n) is 9.23. The van der Waals surface area contributed by atoms with E-state index in [-0.39, 0.29) is 47.2 Å². The van der Waals surface area contributed by atoms with Crippen molar-refractivity contribution >= 4 is 27.6 Å². The fourth-order valence-electron chi connectivity index (χ4n) is 2.38. The van der Waals surface area contributed by atoms with Crippen molar-refractivity contribution in [3.63, 3.8) is 0 Å². The quantitative estimate of drug-likeness (QED) is 0.254. The van der Waals surface area contributed by atoms with Crippen LogP contribution in [0.3, 0.4) is 0 Å². The normalized spacial score (nSPS) is 10.0. The third-order valence-electron chi connectivity index (χ3n) is 3.76. The number of esters is 2. The molecule has 8 nitrogen and oxygen atoms in total. The van der Waals surface area contributed by atoms with Crippen LogP contribution in [0.5, 0.6) is 11.5 Å². The number of Topliss-reactive ketones (excluding diaryl/α,β-unsaturated/α-hetero) is 1. The van der Waals surface area contributed by atoms with Crippen molar-refractivity contribution in [2.24, 2.45) is 0 Å². The van der Waals surface area contributed by atoms with E-state index in [4.69, 9.17) is 14.2 Å². The number of ether oxygens (including phenoxy) is 4. The number of ketones is 1. The summed E-state index contributed by atoms with van der Waals surface area (Å²) < 4.78 is 19.3. The molecule has 2 rings (SSSR count). The fraction of sp³-hybridized carbons (Fsp3) is 0.318. The Labute approximate surface area is 203 Å². The third kappa shape index (κ3) is 9.41. The van der Waals surface area contributed by atoms with Gasteiger partial charge in [-0.05, 0) is 32.0 Å². The minimum atomic E-state index is -1.29. The Hall–Kier alpha value is -2.38. The Morgan fingerprint density at radius 3 is 1.88 bits per heavy atom. The molecule has 0 saturated carbocycles. The van der Waals surface area contributed by atoms with Crippen molar-refractivity contribution < 1.29 is 57.0 Å². The van der Waals surface area contributed by atoms with Gasteiger partial charge in [-0.2, -0.15) is 0 Å². The fourth-order valence-corrected chi connectivity index (χ4v) is 2.38. The summed E-state index contributed by atoms with van der Waals surface area (Å²) in [4.78, 5) is 34.0. The molecule has 2 aromatic rings. The topological polar surface area (TPSA) is 108 Å². The Kier molecular flexibility index (Phi) is 17.1. The van der Waals surface area contributed by atoms with Crippen LogP contribution in [0.2, 0.25) is 0 Å². The number of benzene rings is 2. The summed E-state index contributed by atoms with van der Waals surface area (Å²) >= 11 is 0. The van der Waals surface area contributed by atoms with Crippen LogP contribution in [-0.4, -0.2) is 50.3 Å². The molecule has 0 aliphatic carbocycles. The van der Waals surface area contributed by atoms with Gasteiger partial charge in [0, 0.05) is 24.1 Å². The molecule has 0 aliphatic rings. The van der Waals surface area contributed by atoms with Gasteiger partial charge in [0.2, 0.25) is 0 Å². The van der Waals surface area contributed by atoms with Crippen LogP contribution in [-0.2, 0) is 37.6 Å². The number of para-hydroxylation sites is 2. The van der Waals surface area contributed by atoms with Crippen molar-refractivity contribution in [2.45, 2.75) is 20.0 Å². The van der Waals surface area contributed by atoms with E-state index in [1.165, 1.54) is 20.3 Å². The molecule has 2 aromatic carbocycles. The van der Waals surface area contributed by atoms with E-state index in [1.54, 1.807) is 56.3 Å². The molecule has 1 N–H and O–H groups in total. The molecule has 0 aliphatic heterocycles. The first-order chi connectivity index (χ1) is 14.4. The van der Waals surface area contributed by atoms with E-state index in [1.807, 2.05) is 0 Å². The van der Waals surface area contributed by atoms with E-state index in [0.717, 1.165) is 0 Å². The van der Waals surface area contributed by atoms with Crippen LogP contribution < -0.4 is 9.47 Å². The zero-order valence-corrected chi connectivity index (χ0v) is 21.0. The number of hydrogen-bond acceptors (Lipinski definition) is 8. The maximum Gasteiger partial charge on any atom is 0.379 e. The Morgan fingerprint density at radius 2 is 1.34 bits per heavy atom. The molecule has 1 radical (unpaired) electrons. The second-order valence-electron chi connectivity index (χ2n) is 5.65. The van der Waals surface area contributed by atoms with Crippen molar-refractivity contribution in [3.8, 4) is 11.5 Å². The summed E-state index contributed by atoms with van der Waals surface area (Å²) in [6.07, 6.45) is -1.29. The molecule has 0 amide bonds. The molecule has 0 aromatic heterocycles. The van der Waals surface area contributed by atoms with Crippen LogP contribution in [0.4, 0.5) is 0 Å². The molecule has 32 heavy (non-hydrogen) atoms. The molecule has 0 heterocycles. The maximum absolute atomic E-state index is 11.6. The molecule has 0 bridgehead atoms. The monoisotopic (exact) mass is 502 g/mol. The molecule has 1 atom stereocenters. The van der Waals surface area contributed by atoms with Crippen LogP contribution in [0.1, 0.15) is 35.9 Å². The van der Waals surface area contributed by atoms with Gasteiger partial charge in [0.15, 0.2) is 6.10 Å². The largest absolute Gasteiger partial charge is 0.577 e. The predicted molar refractivity (Wildman–Crippen MR) is 118 cm³/mol. The number of rotatable bonds is 8. The van der Waals surface area contributed by atoms with Gasteiger partial charge < -0.3 is 34.0 Å². The number of methoxy groups -OCH3 is 2. The Bertz CT molecular complexity index is 859. The molecule has 0 saturated heterocycles. The average Bonchev–Trinajstić information content (AvgIpc) is 2.78. The first-order valence-corrected chi connectivity index (χ1v) is 9.23. The SMILES string of the molecule is CCOC(=O)C(=O)c1ccccc1OC.CCOC(=O)[C@H](O)c1ccccc1OC.[PH2-].[V]. The van der Waals surface area contributed by atoms with Crippen LogP contribution in [0.25, 0.3) is 0 Å². The van der Waals surface area contributed by atoms with Crippen molar-refractivity contribution in [3.05, 3.63) is 59.7 Å². The smallest absolute Gasteiger partial charge is 0.379 e. The molecule has 10 heteroatoms. The molecule has 0 unspecified atom stereocenters. The van der Waals surface area contributed by atoms with Gasteiger partial charge in [0.1, 0.15) is 11.5 Å². The number of aliphatic hydroxyl groups is 1. The standard InChI is InChI=1S/C11H14O4.C11H12O4.H2P.V/c2*1-3-15-11(13)10(12)8-6-4-5-7-9(8)14-2;;/h4-7,10,12H,3H2,1-2H3;4-7H,3H2,1-2H3;1H2;/q;;-1;/t10-;;;/m1.../s1. The van der Waals surface area contributed by atoms with E-state index in [2.05, 4.69) is 4.74 Å². The summed E-state index contributed by atoms with van der Waals surface area (Å²) in [7, 11) is 2.92. The van der Waals surface area contributed by atoms with Crippen LogP contribution in [0, 0.1) is 0 Å². The summed E-state index contributed by atoms with van der Waals surface area (Å²) in [5.41, 5.74) is 0.636. The summed E-state index contributed by atoms with van der Waals surface area (Å²) in [5, 5.41) is 9.68. The molecule has 175 valence electrons. The van der Waals surface area contributed by atoms with Crippen molar-refractivity contribution in [1.29, 1.82) is 0 Å². The Morgan fingerprint density at radius 1 is 0.844 bits per heavy atom. The zero-order chi connectivity index (χ0) is 22.5. The second-order valence-corrected chi connectivity index (χ2v) is 5.65. The first kappa shape index (κ1) is 31.8. The van der Waals surface area contributed by atoms with Gasteiger partial charge in [0.05, 0.1) is 33.0 Å². The zero-order valence-electron chi connectivity index (χ0n) is 18.4. The molecule has 0 spiro atoms. The molecular formula is C22H28O8PV-. The van der Waals surface area contributed by atoms with E-state index >= 15 is 0 Å². The van der Waals surface area contributed by atoms with E-state index in [9.17, 15) is 19.5 Å². The third-order valence-corrected chi connectivity index (χ3v) is 3.76. The number of aliphatic hydroxyl groups excluding tert-OH is 1. The maximum atomic E-state index is 11.6. The van der Waals surface area contributed by atoms with Gasteiger partial charge in [-0.1, -0.05) is 30.3 Å². The minimum absolute atomic E-state index is 0. The van der Waals surface area contributed by atoms with Crippen LogP contribution in [0.15, 0.2) is 48.5 Å². The molecular weight excluding hydrogens is 474 g/mol. The second kappa shape index (κ2) is 17.2. The number of carbonyl (C=O) groups excluding carboxylic acids is 3. The predicted octanol–water partition coefficient (Wildman–Crippen LogP) is 3.06. The van der Waals surface area contributed by atoms with E-state index in [0.29, 0.717) is 17.1 Å². The average molecular weight is 502 g/mol. The minimum Gasteiger partial charge on any atom is -0.577 e. The summed E-state index contributed by atoms with van der Waals surface area (Å²) in [6, 6.07) is 13.3. The van der Waals surface area contributed by atoms with Gasteiger partial charge in [-0.15, -0.1) is 0 Å². The van der Waals surface area contributed by atoms with Gasteiger partial charge in [-0.3, -0.25) is 4.79 Å². The van der Waals surface area contributed by atoms with Crippen molar-refractivity contribution in [1.82, 2.24) is 0 Å². The van der Waals surface area contributed by atoms with E-state index < -0.39 is 23.8 Å². The summed E-state index contributed by atoms with van der Waals surface area (Å²) in [5.74, 6) is -1.37. The summed E-state index contributed by atoms with van der Waals surface area (Å²) in [6.45, 7) is 3.75. The number of carbonyl (C=O) groups is 3. The number of hydrogen-bond donors (Lipinski definition) is 1. The van der Waals surface area contributed by atoms with Gasteiger partial charge >= 0.3 is 11.9 Å². The molecule has 0 fully saturated rings. The van der Waals surface area contributed by atoms with Crippen LogP contribution >= 0.6 is 9.90 Å².